The van der Waals surface area contributed by atoms with Gasteiger partial charge in [-0.15, -0.1) is 0 Å². The predicted molar refractivity (Wildman–Crippen MR) is 73.0 cm³/mol. The first-order valence-electron chi connectivity index (χ1n) is 7.22. The first-order chi connectivity index (χ1) is 8.39. The number of carbonyl (C=O) groups is 2. The van der Waals surface area contributed by atoms with Crippen molar-refractivity contribution in [2.75, 3.05) is 0 Å². The lowest BCUT2D eigenvalue weighted by Gasteiger charge is -2.40. The third kappa shape index (κ3) is 3.82. The number of hydrogen-bond donors (Lipinski definition) is 1. The van der Waals surface area contributed by atoms with Crippen LogP contribution in [0.25, 0.3) is 0 Å². The van der Waals surface area contributed by atoms with Crippen molar-refractivity contribution in [1.82, 2.24) is 5.32 Å². The molecule has 1 saturated heterocycles. The van der Waals surface area contributed by atoms with Gasteiger partial charge in [0, 0.05) is 12.3 Å². The molecular formula is C15H27NO2. The molecule has 0 aromatic heterocycles. The maximum atomic E-state index is 12.1. The molecule has 2 unspecified atom stereocenters. The summed E-state index contributed by atoms with van der Waals surface area (Å²) in [5.41, 5.74) is -0.140. The van der Waals surface area contributed by atoms with Gasteiger partial charge in [-0.1, -0.05) is 47.0 Å². The first-order valence-corrected chi connectivity index (χ1v) is 7.22. The molecule has 0 aromatic rings. The molecule has 0 bridgehead atoms. The highest BCUT2D eigenvalue weighted by Gasteiger charge is 2.44. The zero-order valence-electron chi connectivity index (χ0n) is 12.2. The second-order valence-electron chi connectivity index (χ2n) is 6.38. The van der Waals surface area contributed by atoms with Gasteiger partial charge in [-0.05, 0) is 24.2 Å². The fraction of sp³-hybridized carbons (Fsp3) is 0.867. The van der Waals surface area contributed by atoms with E-state index in [1.165, 1.54) is 12.8 Å². The third-order valence-corrected chi connectivity index (χ3v) is 4.04. The van der Waals surface area contributed by atoms with E-state index >= 15 is 0 Å². The van der Waals surface area contributed by atoms with Crippen molar-refractivity contribution in [3.8, 4) is 0 Å². The van der Waals surface area contributed by atoms with Gasteiger partial charge in [0.2, 0.25) is 11.8 Å². The molecule has 0 aliphatic carbocycles. The van der Waals surface area contributed by atoms with Gasteiger partial charge in [-0.25, -0.2) is 0 Å². The predicted octanol–water partition coefficient (Wildman–Crippen LogP) is 3.28. The minimum atomic E-state index is -0.140. The maximum absolute atomic E-state index is 12.1. The van der Waals surface area contributed by atoms with E-state index in [1.807, 2.05) is 0 Å². The average Bonchev–Trinajstić information content (AvgIpc) is 2.23. The van der Waals surface area contributed by atoms with E-state index in [1.54, 1.807) is 0 Å². The number of nitrogens with one attached hydrogen (secondary N) is 1. The van der Waals surface area contributed by atoms with Crippen molar-refractivity contribution in [2.24, 2.45) is 17.3 Å². The molecule has 1 rings (SSSR count). The largest absolute Gasteiger partial charge is 0.296 e. The van der Waals surface area contributed by atoms with Crippen molar-refractivity contribution in [2.45, 2.75) is 66.2 Å². The van der Waals surface area contributed by atoms with Crippen molar-refractivity contribution in [1.29, 1.82) is 0 Å². The molecular weight excluding hydrogens is 226 g/mol. The maximum Gasteiger partial charge on any atom is 0.230 e. The summed E-state index contributed by atoms with van der Waals surface area (Å²) in [5, 5.41) is 2.50. The Morgan fingerprint density at radius 2 is 2.00 bits per heavy atom. The van der Waals surface area contributed by atoms with Crippen molar-refractivity contribution in [3.05, 3.63) is 0 Å². The minimum Gasteiger partial charge on any atom is -0.296 e. The fourth-order valence-electron chi connectivity index (χ4n) is 2.98. The topological polar surface area (TPSA) is 46.2 Å². The standard InChI is InChI=1S/C15H27NO2/c1-5-6-7-8-15(4)10-13(17)16-14(18)12(15)9-11(2)3/h11-12H,5-10H2,1-4H3,(H,16,17,18). The molecule has 0 saturated carbocycles. The van der Waals surface area contributed by atoms with Crippen molar-refractivity contribution >= 4 is 11.8 Å². The normalized spacial score (nSPS) is 28.6. The van der Waals surface area contributed by atoms with Crippen molar-refractivity contribution in [3.63, 3.8) is 0 Å². The Bertz CT molecular complexity index is 312. The fourth-order valence-corrected chi connectivity index (χ4v) is 2.98. The number of unbranched alkanes of at least 4 members (excludes halogenated alkanes) is 2. The highest BCUT2D eigenvalue weighted by Crippen LogP contribution is 2.42. The summed E-state index contributed by atoms with van der Waals surface area (Å²) in [7, 11) is 0. The SMILES string of the molecule is CCCCCC1(C)CC(=O)NC(=O)C1CC(C)C. The number of amides is 2. The molecule has 3 heteroatoms. The molecule has 18 heavy (non-hydrogen) atoms. The Morgan fingerprint density at radius 1 is 1.33 bits per heavy atom. The van der Waals surface area contributed by atoms with Gasteiger partial charge in [0.1, 0.15) is 0 Å². The number of hydrogen-bond acceptors (Lipinski definition) is 2. The van der Waals surface area contributed by atoms with Crippen LogP contribution in [0.4, 0.5) is 0 Å². The molecule has 0 aromatic carbocycles. The van der Waals surface area contributed by atoms with Crippen LogP contribution in [0.3, 0.4) is 0 Å². The van der Waals surface area contributed by atoms with Crippen LogP contribution >= 0.6 is 0 Å². The number of rotatable bonds is 6. The van der Waals surface area contributed by atoms with Gasteiger partial charge in [-0.2, -0.15) is 0 Å². The van der Waals surface area contributed by atoms with Gasteiger partial charge in [-0.3, -0.25) is 14.9 Å². The van der Waals surface area contributed by atoms with Crippen LogP contribution < -0.4 is 5.32 Å². The monoisotopic (exact) mass is 253 g/mol. The lowest BCUT2D eigenvalue weighted by Crippen LogP contribution is -2.51. The zero-order chi connectivity index (χ0) is 13.8. The molecule has 1 heterocycles. The van der Waals surface area contributed by atoms with Crippen LogP contribution in [0.15, 0.2) is 0 Å². The highest BCUT2D eigenvalue weighted by atomic mass is 16.2. The summed E-state index contributed by atoms with van der Waals surface area (Å²) in [6.07, 6.45) is 5.83. The zero-order valence-corrected chi connectivity index (χ0v) is 12.2. The molecule has 0 spiro atoms. The summed E-state index contributed by atoms with van der Waals surface area (Å²) >= 11 is 0. The van der Waals surface area contributed by atoms with Crippen LogP contribution in [0.2, 0.25) is 0 Å². The van der Waals surface area contributed by atoms with Crippen LogP contribution in [-0.2, 0) is 9.59 Å². The molecule has 3 nitrogen and oxygen atoms in total. The summed E-state index contributed by atoms with van der Waals surface area (Å²) in [5.74, 6) is 0.324. The number of piperidine rings is 1. The molecule has 1 fully saturated rings. The summed E-state index contributed by atoms with van der Waals surface area (Å²) in [4.78, 5) is 23.7. The molecule has 0 radical (unpaired) electrons. The summed E-state index contributed by atoms with van der Waals surface area (Å²) in [6.45, 7) is 8.56. The van der Waals surface area contributed by atoms with Gasteiger partial charge in [0.15, 0.2) is 0 Å². The van der Waals surface area contributed by atoms with Crippen LogP contribution in [0.5, 0.6) is 0 Å². The van der Waals surface area contributed by atoms with E-state index in [4.69, 9.17) is 0 Å². The second kappa shape index (κ2) is 6.35. The van der Waals surface area contributed by atoms with Crippen molar-refractivity contribution < 1.29 is 9.59 Å². The van der Waals surface area contributed by atoms with E-state index in [0.29, 0.717) is 12.3 Å². The molecule has 1 aliphatic rings. The lowest BCUT2D eigenvalue weighted by atomic mass is 9.66. The van der Waals surface area contributed by atoms with E-state index in [-0.39, 0.29) is 23.1 Å². The molecule has 1 aliphatic heterocycles. The number of imide groups is 1. The van der Waals surface area contributed by atoms with Crippen LogP contribution in [-0.4, -0.2) is 11.8 Å². The van der Waals surface area contributed by atoms with Gasteiger partial charge >= 0.3 is 0 Å². The van der Waals surface area contributed by atoms with Crippen LogP contribution in [0.1, 0.15) is 66.2 Å². The van der Waals surface area contributed by atoms with Gasteiger partial charge in [0.25, 0.3) is 0 Å². The molecule has 1 N–H and O–H groups in total. The Hall–Kier alpha value is -0.860. The van der Waals surface area contributed by atoms with E-state index in [9.17, 15) is 9.59 Å². The van der Waals surface area contributed by atoms with E-state index < -0.39 is 0 Å². The second-order valence-corrected chi connectivity index (χ2v) is 6.38. The van der Waals surface area contributed by atoms with Gasteiger partial charge in [0.05, 0.1) is 0 Å². The lowest BCUT2D eigenvalue weighted by molar-refractivity contribution is -0.144. The van der Waals surface area contributed by atoms with Crippen LogP contribution in [0, 0.1) is 17.3 Å². The third-order valence-electron chi connectivity index (χ3n) is 4.04. The quantitative estimate of drug-likeness (QED) is 0.583. The first kappa shape index (κ1) is 15.2. The Labute approximate surface area is 111 Å². The highest BCUT2D eigenvalue weighted by molar-refractivity contribution is 5.99. The average molecular weight is 253 g/mol. The Balaban J connectivity index is 2.78. The summed E-state index contributed by atoms with van der Waals surface area (Å²) < 4.78 is 0. The van der Waals surface area contributed by atoms with E-state index in [0.717, 1.165) is 19.3 Å². The minimum absolute atomic E-state index is 0.00736. The smallest absolute Gasteiger partial charge is 0.230 e. The van der Waals surface area contributed by atoms with E-state index in [2.05, 4.69) is 33.0 Å². The molecule has 2 atom stereocenters. The van der Waals surface area contributed by atoms with Gasteiger partial charge < -0.3 is 0 Å². The molecule has 2 amide bonds. The molecule has 104 valence electrons. The number of carbonyl (C=O) groups excluding carboxylic acids is 2. The Morgan fingerprint density at radius 3 is 2.56 bits per heavy atom. The summed E-state index contributed by atoms with van der Waals surface area (Å²) in [6, 6.07) is 0. The Kier molecular flexibility index (Phi) is 5.36.